The van der Waals surface area contributed by atoms with Gasteiger partial charge in [-0.05, 0) is 23.3 Å². The van der Waals surface area contributed by atoms with E-state index in [1.54, 1.807) is 24.1 Å². The molecule has 2 aromatic rings. The largest absolute Gasteiger partial charge is 0.482 e. The number of benzene rings is 2. The zero-order valence-corrected chi connectivity index (χ0v) is 12.9. The van der Waals surface area contributed by atoms with Crippen LogP contribution in [0.1, 0.15) is 11.1 Å². The molecule has 0 fully saturated rings. The molecule has 5 heteroatoms. The number of carbonyl (C=O) groups is 2. The molecule has 1 N–H and O–H groups in total. The highest BCUT2D eigenvalue weighted by atomic mass is 16.5. The number of carbonyl (C=O) groups excluding carboxylic acids is 2. The highest BCUT2D eigenvalue weighted by molar-refractivity contribution is 5.95. The second-order valence-corrected chi connectivity index (χ2v) is 5.58. The second-order valence-electron chi connectivity index (χ2n) is 5.58. The Balaban J connectivity index is 1.65. The van der Waals surface area contributed by atoms with Gasteiger partial charge < -0.3 is 15.0 Å². The van der Waals surface area contributed by atoms with Crippen LogP contribution in [0.25, 0.3) is 0 Å². The number of rotatable bonds is 4. The topological polar surface area (TPSA) is 58.6 Å². The van der Waals surface area contributed by atoms with Gasteiger partial charge in [-0.25, -0.2) is 0 Å². The van der Waals surface area contributed by atoms with Gasteiger partial charge in [-0.3, -0.25) is 9.59 Å². The zero-order chi connectivity index (χ0) is 16.2. The van der Waals surface area contributed by atoms with E-state index in [0.29, 0.717) is 18.0 Å². The number of amides is 2. The third-order valence-corrected chi connectivity index (χ3v) is 3.72. The van der Waals surface area contributed by atoms with E-state index >= 15 is 0 Å². The number of likely N-dealkylation sites (N-methyl/N-ethyl adjacent to an activating group) is 1. The maximum absolute atomic E-state index is 12.4. The highest BCUT2D eigenvalue weighted by Crippen LogP contribution is 2.28. The van der Waals surface area contributed by atoms with Crippen LogP contribution in [-0.4, -0.2) is 30.4 Å². The average Bonchev–Trinajstić information content (AvgIpc) is 2.55. The standard InChI is InChI=1S/C18H18N2O3/c1-20(11-13-5-3-2-4-6-13)18(22)10-14-7-8-16-15(9-14)19-17(21)12-23-16/h2-9H,10-12H2,1H3,(H,19,21). The SMILES string of the molecule is CN(Cc1ccccc1)C(=O)Cc1ccc2c(c1)NC(=O)CO2. The van der Waals surface area contributed by atoms with E-state index in [2.05, 4.69) is 5.32 Å². The Morgan fingerprint density at radius 2 is 1.96 bits per heavy atom. The first-order chi connectivity index (χ1) is 11.1. The molecular formula is C18H18N2O3. The van der Waals surface area contributed by atoms with E-state index in [1.807, 2.05) is 36.4 Å². The predicted octanol–water partition coefficient (Wildman–Crippen LogP) is 2.22. The van der Waals surface area contributed by atoms with Crippen molar-refractivity contribution in [1.29, 1.82) is 0 Å². The monoisotopic (exact) mass is 310 g/mol. The van der Waals surface area contributed by atoms with Crippen LogP contribution in [0.2, 0.25) is 0 Å². The molecule has 0 saturated carbocycles. The van der Waals surface area contributed by atoms with E-state index < -0.39 is 0 Å². The van der Waals surface area contributed by atoms with Crippen LogP contribution in [0.15, 0.2) is 48.5 Å². The molecule has 0 unspecified atom stereocenters. The van der Waals surface area contributed by atoms with Crippen LogP contribution in [0.5, 0.6) is 5.75 Å². The molecule has 1 aliphatic rings. The molecule has 118 valence electrons. The van der Waals surface area contributed by atoms with E-state index in [9.17, 15) is 9.59 Å². The summed E-state index contributed by atoms with van der Waals surface area (Å²) in [4.78, 5) is 25.4. The molecule has 0 atom stereocenters. The van der Waals surface area contributed by atoms with Crippen molar-refractivity contribution in [3.63, 3.8) is 0 Å². The summed E-state index contributed by atoms with van der Waals surface area (Å²) < 4.78 is 5.31. The number of anilines is 1. The lowest BCUT2D eigenvalue weighted by molar-refractivity contribution is -0.129. The molecule has 2 amide bonds. The lowest BCUT2D eigenvalue weighted by atomic mass is 10.1. The quantitative estimate of drug-likeness (QED) is 0.942. The van der Waals surface area contributed by atoms with Crippen molar-refractivity contribution in [3.8, 4) is 5.75 Å². The van der Waals surface area contributed by atoms with Gasteiger partial charge in [-0.2, -0.15) is 0 Å². The molecule has 3 rings (SSSR count). The summed E-state index contributed by atoms with van der Waals surface area (Å²) in [6.07, 6.45) is 0.284. The van der Waals surface area contributed by atoms with Gasteiger partial charge in [-0.15, -0.1) is 0 Å². The summed E-state index contributed by atoms with van der Waals surface area (Å²) in [6.45, 7) is 0.607. The summed E-state index contributed by atoms with van der Waals surface area (Å²) >= 11 is 0. The fraction of sp³-hybridized carbons (Fsp3) is 0.222. The van der Waals surface area contributed by atoms with Crippen molar-refractivity contribution >= 4 is 17.5 Å². The van der Waals surface area contributed by atoms with Crippen LogP contribution >= 0.6 is 0 Å². The fourth-order valence-electron chi connectivity index (χ4n) is 2.50. The minimum atomic E-state index is -0.179. The van der Waals surface area contributed by atoms with Gasteiger partial charge in [0.25, 0.3) is 5.91 Å². The third-order valence-electron chi connectivity index (χ3n) is 3.72. The third kappa shape index (κ3) is 3.69. The Morgan fingerprint density at radius 3 is 2.74 bits per heavy atom. The van der Waals surface area contributed by atoms with Gasteiger partial charge >= 0.3 is 0 Å². The molecule has 0 aliphatic carbocycles. The summed E-state index contributed by atoms with van der Waals surface area (Å²) in [5.41, 5.74) is 2.56. The Bertz CT molecular complexity index is 728. The number of nitrogens with zero attached hydrogens (tertiary/aromatic N) is 1. The second kappa shape index (κ2) is 6.52. The smallest absolute Gasteiger partial charge is 0.262 e. The summed E-state index contributed by atoms with van der Waals surface area (Å²) in [7, 11) is 1.79. The van der Waals surface area contributed by atoms with Crippen molar-refractivity contribution in [3.05, 3.63) is 59.7 Å². The summed E-state index contributed by atoms with van der Waals surface area (Å²) in [6, 6.07) is 15.3. The van der Waals surface area contributed by atoms with Gasteiger partial charge in [0, 0.05) is 13.6 Å². The Kier molecular flexibility index (Phi) is 4.28. The lowest BCUT2D eigenvalue weighted by Crippen LogP contribution is -2.28. The average molecular weight is 310 g/mol. The van der Waals surface area contributed by atoms with Gasteiger partial charge in [0.05, 0.1) is 12.1 Å². The van der Waals surface area contributed by atoms with E-state index in [0.717, 1.165) is 11.1 Å². The molecule has 0 spiro atoms. The first-order valence-electron chi connectivity index (χ1n) is 7.45. The van der Waals surface area contributed by atoms with Crippen molar-refractivity contribution in [2.45, 2.75) is 13.0 Å². The number of hydrogen-bond donors (Lipinski definition) is 1. The summed E-state index contributed by atoms with van der Waals surface area (Å²) in [5, 5.41) is 2.75. The Labute approximate surface area is 134 Å². The van der Waals surface area contributed by atoms with Crippen LogP contribution < -0.4 is 10.1 Å². The van der Waals surface area contributed by atoms with E-state index in [-0.39, 0.29) is 24.8 Å². The maximum atomic E-state index is 12.4. The van der Waals surface area contributed by atoms with Crippen molar-refractivity contribution in [2.24, 2.45) is 0 Å². The molecule has 0 radical (unpaired) electrons. The normalized spacial score (nSPS) is 12.8. The predicted molar refractivity (Wildman–Crippen MR) is 87.2 cm³/mol. The van der Waals surface area contributed by atoms with Gasteiger partial charge in [0.1, 0.15) is 5.75 Å². The Morgan fingerprint density at radius 1 is 1.17 bits per heavy atom. The Hall–Kier alpha value is -2.82. The highest BCUT2D eigenvalue weighted by Gasteiger charge is 2.17. The van der Waals surface area contributed by atoms with E-state index in [1.165, 1.54) is 0 Å². The maximum Gasteiger partial charge on any atom is 0.262 e. The van der Waals surface area contributed by atoms with Crippen LogP contribution in [0, 0.1) is 0 Å². The number of ether oxygens (including phenoxy) is 1. The lowest BCUT2D eigenvalue weighted by Gasteiger charge is -2.20. The summed E-state index contributed by atoms with van der Waals surface area (Å²) in [5.74, 6) is 0.484. The molecule has 2 aromatic carbocycles. The fourth-order valence-corrected chi connectivity index (χ4v) is 2.50. The molecule has 0 aromatic heterocycles. The molecule has 5 nitrogen and oxygen atoms in total. The molecule has 23 heavy (non-hydrogen) atoms. The van der Waals surface area contributed by atoms with Crippen LogP contribution in [0.4, 0.5) is 5.69 Å². The first-order valence-corrected chi connectivity index (χ1v) is 7.45. The number of hydrogen-bond acceptors (Lipinski definition) is 3. The molecule has 0 bridgehead atoms. The van der Waals surface area contributed by atoms with Crippen molar-refractivity contribution < 1.29 is 14.3 Å². The van der Waals surface area contributed by atoms with Gasteiger partial charge in [-0.1, -0.05) is 36.4 Å². The van der Waals surface area contributed by atoms with E-state index in [4.69, 9.17) is 4.74 Å². The van der Waals surface area contributed by atoms with Crippen LogP contribution in [-0.2, 0) is 22.6 Å². The molecule has 1 heterocycles. The first kappa shape index (κ1) is 15.1. The van der Waals surface area contributed by atoms with Crippen molar-refractivity contribution in [2.75, 3.05) is 19.0 Å². The molecular weight excluding hydrogens is 292 g/mol. The van der Waals surface area contributed by atoms with Crippen LogP contribution in [0.3, 0.4) is 0 Å². The van der Waals surface area contributed by atoms with Gasteiger partial charge in [0.15, 0.2) is 6.61 Å². The van der Waals surface area contributed by atoms with Gasteiger partial charge in [0.2, 0.25) is 5.91 Å². The molecule has 1 aliphatic heterocycles. The minimum absolute atomic E-state index is 0.0249. The minimum Gasteiger partial charge on any atom is -0.482 e. The molecule has 0 saturated heterocycles. The van der Waals surface area contributed by atoms with Crippen molar-refractivity contribution in [1.82, 2.24) is 4.90 Å². The number of nitrogens with one attached hydrogen (secondary N) is 1. The number of fused-ring (bicyclic) bond motifs is 1. The zero-order valence-electron chi connectivity index (χ0n) is 12.9.